The highest BCUT2D eigenvalue weighted by Crippen LogP contribution is 2.31. The van der Waals surface area contributed by atoms with Gasteiger partial charge in [0.1, 0.15) is 0 Å². The Labute approximate surface area is 129 Å². The highest BCUT2D eigenvalue weighted by molar-refractivity contribution is 5.97. The summed E-state index contributed by atoms with van der Waals surface area (Å²) >= 11 is 0. The van der Waals surface area contributed by atoms with Crippen LogP contribution in [0.2, 0.25) is 0 Å². The number of rotatable bonds is 5. The van der Waals surface area contributed by atoms with Crippen LogP contribution in [0.4, 0.5) is 5.69 Å². The standard InChI is InChI=1S/C17H21NO4/c1-10(14(15(19)20)17(2,3)16(21)22)18-13-8-7-11-5-4-6-12(11)9-13/h7-9,18H,4-6H2,1-3H3,(H,19,20)(H,21,22). The Morgan fingerprint density at radius 3 is 2.36 bits per heavy atom. The van der Waals surface area contributed by atoms with E-state index in [0.717, 1.165) is 24.9 Å². The Morgan fingerprint density at radius 2 is 1.77 bits per heavy atom. The van der Waals surface area contributed by atoms with Gasteiger partial charge in [-0.15, -0.1) is 0 Å². The first-order valence-corrected chi connectivity index (χ1v) is 7.30. The zero-order valence-corrected chi connectivity index (χ0v) is 13.1. The average Bonchev–Trinajstić information content (AvgIpc) is 2.84. The van der Waals surface area contributed by atoms with Crippen molar-refractivity contribution in [2.45, 2.75) is 40.0 Å². The summed E-state index contributed by atoms with van der Waals surface area (Å²) in [7, 11) is 0. The maximum absolute atomic E-state index is 11.5. The number of anilines is 1. The Kier molecular flexibility index (Phi) is 4.26. The summed E-state index contributed by atoms with van der Waals surface area (Å²) in [6.07, 6.45) is 3.25. The number of carboxylic acids is 2. The summed E-state index contributed by atoms with van der Waals surface area (Å²) < 4.78 is 0. The van der Waals surface area contributed by atoms with E-state index in [4.69, 9.17) is 0 Å². The van der Waals surface area contributed by atoms with Crippen LogP contribution >= 0.6 is 0 Å². The highest BCUT2D eigenvalue weighted by atomic mass is 16.4. The molecule has 1 aromatic rings. The van der Waals surface area contributed by atoms with Crippen LogP contribution in [0, 0.1) is 5.41 Å². The quantitative estimate of drug-likeness (QED) is 0.728. The summed E-state index contributed by atoms with van der Waals surface area (Å²) in [5.41, 5.74) is 2.12. The van der Waals surface area contributed by atoms with Gasteiger partial charge in [-0.2, -0.15) is 0 Å². The first-order chi connectivity index (χ1) is 10.2. The Hall–Kier alpha value is -2.30. The molecule has 5 nitrogen and oxygen atoms in total. The molecule has 1 aromatic carbocycles. The van der Waals surface area contributed by atoms with Gasteiger partial charge in [0.25, 0.3) is 0 Å². The molecule has 118 valence electrons. The van der Waals surface area contributed by atoms with Crippen LogP contribution in [0.5, 0.6) is 0 Å². The summed E-state index contributed by atoms with van der Waals surface area (Å²) in [5, 5.41) is 21.7. The molecule has 0 heterocycles. The number of carboxylic acid groups (broad SMARTS) is 2. The molecule has 5 heteroatoms. The van der Waals surface area contributed by atoms with Crippen molar-refractivity contribution in [2.75, 3.05) is 5.32 Å². The number of fused-ring (bicyclic) bond motifs is 1. The molecule has 2 rings (SSSR count). The summed E-state index contributed by atoms with van der Waals surface area (Å²) in [6.45, 7) is 4.39. The lowest BCUT2D eigenvalue weighted by Gasteiger charge is -2.23. The third-order valence-corrected chi connectivity index (χ3v) is 4.18. The number of allylic oxidation sites excluding steroid dienone is 1. The molecule has 0 radical (unpaired) electrons. The van der Waals surface area contributed by atoms with Gasteiger partial charge in [-0.1, -0.05) is 6.07 Å². The van der Waals surface area contributed by atoms with E-state index >= 15 is 0 Å². The van der Waals surface area contributed by atoms with Gasteiger partial charge < -0.3 is 15.5 Å². The second-order valence-electron chi connectivity index (χ2n) is 6.20. The minimum absolute atomic E-state index is 0.138. The lowest BCUT2D eigenvalue weighted by Crippen LogP contribution is -2.32. The summed E-state index contributed by atoms with van der Waals surface area (Å²) in [6, 6.07) is 5.96. The zero-order valence-electron chi connectivity index (χ0n) is 13.1. The number of benzene rings is 1. The van der Waals surface area contributed by atoms with Crippen LogP contribution in [0.25, 0.3) is 0 Å². The van der Waals surface area contributed by atoms with E-state index in [-0.39, 0.29) is 5.57 Å². The first kappa shape index (κ1) is 16.1. The van der Waals surface area contributed by atoms with Gasteiger partial charge in [0.05, 0.1) is 11.0 Å². The van der Waals surface area contributed by atoms with Gasteiger partial charge in [0, 0.05) is 11.4 Å². The van der Waals surface area contributed by atoms with Gasteiger partial charge in [-0.25, -0.2) is 4.79 Å². The van der Waals surface area contributed by atoms with Crippen LogP contribution in [-0.2, 0) is 22.4 Å². The summed E-state index contributed by atoms with van der Waals surface area (Å²) in [4.78, 5) is 22.9. The maximum atomic E-state index is 11.5. The van der Waals surface area contributed by atoms with Gasteiger partial charge in [-0.05, 0) is 63.3 Å². The number of hydrogen-bond acceptors (Lipinski definition) is 3. The molecule has 0 aromatic heterocycles. The second-order valence-corrected chi connectivity index (χ2v) is 6.20. The van der Waals surface area contributed by atoms with Gasteiger partial charge >= 0.3 is 11.9 Å². The maximum Gasteiger partial charge on any atom is 0.334 e. The number of carbonyl (C=O) groups is 2. The molecule has 0 unspecified atom stereocenters. The monoisotopic (exact) mass is 303 g/mol. The predicted octanol–water partition coefficient (Wildman–Crippen LogP) is 3.06. The normalized spacial score (nSPS) is 15.0. The number of hydrogen-bond donors (Lipinski definition) is 3. The van der Waals surface area contributed by atoms with Crippen LogP contribution in [-0.4, -0.2) is 22.2 Å². The molecule has 0 spiro atoms. The molecule has 0 atom stereocenters. The fourth-order valence-electron chi connectivity index (χ4n) is 2.93. The topological polar surface area (TPSA) is 86.6 Å². The average molecular weight is 303 g/mol. The molecule has 1 aliphatic rings. The third kappa shape index (κ3) is 2.98. The van der Waals surface area contributed by atoms with Crippen LogP contribution in [0.15, 0.2) is 29.5 Å². The lowest BCUT2D eigenvalue weighted by atomic mass is 9.83. The summed E-state index contributed by atoms with van der Waals surface area (Å²) in [5.74, 6) is -2.39. The third-order valence-electron chi connectivity index (χ3n) is 4.18. The van der Waals surface area contributed by atoms with E-state index in [1.165, 1.54) is 25.0 Å². The van der Waals surface area contributed by atoms with E-state index in [1.807, 2.05) is 18.2 Å². The SMILES string of the molecule is CC(Nc1ccc2c(c1)CCC2)=C(C(=O)O)C(C)(C)C(=O)O. The Bertz CT molecular complexity index is 659. The van der Waals surface area contributed by atoms with E-state index in [1.54, 1.807) is 6.92 Å². The highest BCUT2D eigenvalue weighted by Gasteiger charge is 2.37. The van der Waals surface area contributed by atoms with Crippen molar-refractivity contribution in [3.05, 3.63) is 40.6 Å². The van der Waals surface area contributed by atoms with Crippen molar-refractivity contribution >= 4 is 17.6 Å². The van der Waals surface area contributed by atoms with E-state index in [9.17, 15) is 19.8 Å². The van der Waals surface area contributed by atoms with Crippen LogP contribution in [0.1, 0.15) is 38.3 Å². The molecule has 22 heavy (non-hydrogen) atoms. The number of aryl methyl sites for hydroxylation is 2. The van der Waals surface area contributed by atoms with Crippen molar-refractivity contribution in [1.29, 1.82) is 0 Å². The molecule has 1 aliphatic carbocycles. The van der Waals surface area contributed by atoms with Crippen molar-refractivity contribution in [1.82, 2.24) is 0 Å². The van der Waals surface area contributed by atoms with E-state index in [2.05, 4.69) is 5.32 Å². The molecular weight excluding hydrogens is 282 g/mol. The van der Waals surface area contributed by atoms with Gasteiger partial charge in [0.2, 0.25) is 0 Å². The zero-order chi connectivity index (χ0) is 16.5. The van der Waals surface area contributed by atoms with E-state index in [0.29, 0.717) is 5.70 Å². The van der Waals surface area contributed by atoms with Crippen molar-refractivity contribution in [2.24, 2.45) is 5.41 Å². The number of aliphatic carboxylic acids is 2. The molecular formula is C17H21NO4. The Balaban J connectivity index is 2.36. The second kappa shape index (κ2) is 5.83. The minimum Gasteiger partial charge on any atom is -0.481 e. The molecule has 0 aliphatic heterocycles. The lowest BCUT2D eigenvalue weighted by molar-refractivity contribution is -0.148. The molecule has 0 fully saturated rings. The van der Waals surface area contributed by atoms with Crippen molar-refractivity contribution in [3.63, 3.8) is 0 Å². The molecule has 0 bridgehead atoms. The molecule has 0 amide bonds. The number of nitrogens with one attached hydrogen (secondary N) is 1. The largest absolute Gasteiger partial charge is 0.481 e. The Morgan fingerprint density at radius 1 is 1.14 bits per heavy atom. The van der Waals surface area contributed by atoms with E-state index < -0.39 is 17.4 Å². The van der Waals surface area contributed by atoms with Crippen molar-refractivity contribution in [3.8, 4) is 0 Å². The fraction of sp³-hybridized carbons (Fsp3) is 0.412. The predicted molar refractivity (Wildman–Crippen MR) is 83.8 cm³/mol. The minimum atomic E-state index is -1.47. The van der Waals surface area contributed by atoms with Crippen LogP contribution < -0.4 is 5.32 Å². The molecule has 0 saturated heterocycles. The molecule has 0 saturated carbocycles. The van der Waals surface area contributed by atoms with Crippen LogP contribution in [0.3, 0.4) is 0 Å². The molecule has 3 N–H and O–H groups in total. The smallest absolute Gasteiger partial charge is 0.334 e. The first-order valence-electron chi connectivity index (χ1n) is 7.30. The van der Waals surface area contributed by atoms with Gasteiger partial charge in [0.15, 0.2) is 0 Å². The van der Waals surface area contributed by atoms with Crippen molar-refractivity contribution < 1.29 is 19.8 Å². The fourth-order valence-corrected chi connectivity index (χ4v) is 2.93. The van der Waals surface area contributed by atoms with Gasteiger partial charge in [-0.3, -0.25) is 4.79 Å².